The van der Waals surface area contributed by atoms with E-state index >= 15 is 0 Å². The molecule has 0 aliphatic carbocycles. The van der Waals surface area contributed by atoms with Crippen LogP contribution in [0.15, 0.2) is 6.20 Å². The Hall–Kier alpha value is -1.52. The molecule has 1 saturated heterocycles. The van der Waals surface area contributed by atoms with Gasteiger partial charge in [0.05, 0.1) is 18.5 Å². The van der Waals surface area contributed by atoms with Crippen molar-refractivity contribution in [3.63, 3.8) is 0 Å². The molecule has 0 amide bonds. The molecule has 0 bridgehead atoms. The van der Waals surface area contributed by atoms with Crippen LogP contribution < -0.4 is 5.32 Å². The highest BCUT2D eigenvalue weighted by molar-refractivity contribution is 7.88. The average Bonchev–Trinajstić information content (AvgIpc) is 2.85. The Kier molecular flexibility index (Phi) is 4.86. The van der Waals surface area contributed by atoms with E-state index < -0.39 is 22.2 Å². The zero-order valence-electron chi connectivity index (χ0n) is 14.1. The van der Waals surface area contributed by atoms with Crippen molar-refractivity contribution >= 4 is 33.1 Å². The normalized spacial score (nSPS) is 22.6. The molecular formula is C14H20ClFN6O2S. The molecule has 11 heteroatoms. The highest BCUT2D eigenvalue weighted by Crippen LogP contribution is 2.23. The van der Waals surface area contributed by atoms with Crippen LogP contribution in [0.5, 0.6) is 0 Å². The number of alkyl halides is 1. The summed E-state index contributed by atoms with van der Waals surface area (Å²) in [5.74, 6) is 1.05. The van der Waals surface area contributed by atoms with Gasteiger partial charge in [-0.05, 0) is 6.42 Å². The Morgan fingerprint density at radius 2 is 2.16 bits per heavy atom. The van der Waals surface area contributed by atoms with Gasteiger partial charge in [0.2, 0.25) is 16.0 Å². The van der Waals surface area contributed by atoms with E-state index in [-0.39, 0.29) is 25.0 Å². The molecule has 0 aromatic carbocycles. The SMILES string of the molecule is CC(C)c1nc(Cl)c2cnc(N[C@@H]3CCN(S(C)(=O)=O)C[C@@H]3F)nn12. The van der Waals surface area contributed by atoms with Crippen LogP contribution in [0.4, 0.5) is 10.3 Å². The summed E-state index contributed by atoms with van der Waals surface area (Å²) in [6.07, 6.45) is 1.60. The molecule has 0 spiro atoms. The number of sulfonamides is 1. The third kappa shape index (κ3) is 3.70. The van der Waals surface area contributed by atoms with Crippen molar-refractivity contribution in [1.29, 1.82) is 0 Å². The number of hydrogen-bond donors (Lipinski definition) is 1. The van der Waals surface area contributed by atoms with Crippen LogP contribution >= 0.6 is 11.6 Å². The molecule has 0 unspecified atom stereocenters. The smallest absolute Gasteiger partial charge is 0.241 e. The second-order valence-electron chi connectivity index (χ2n) is 6.47. The Morgan fingerprint density at radius 3 is 2.76 bits per heavy atom. The topological polar surface area (TPSA) is 92.5 Å². The van der Waals surface area contributed by atoms with Gasteiger partial charge in [0.25, 0.3) is 0 Å². The van der Waals surface area contributed by atoms with E-state index in [1.165, 1.54) is 6.20 Å². The fourth-order valence-electron chi connectivity index (χ4n) is 2.82. The largest absolute Gasteiger partial charge is 0.347 e. The van der Waals surface area contributed by atoms with Crippen LogP contribution in [0.3, 0.4) is 0 Å². The minimum Gasteiger partial charge on any atom is -0.347 e. The molecule has 0 saturated carbocycles. The molecule has 0 radical (unpaired) electrons. The van der Waals surface area contributed by atoms with Crippen LogP contribution in [0, 0.1) is 0 Å². The lowest BCUT2D eigenvalue weighted by Crippen LogP contribution is -2.49. The summed E-state index contributed by atoms with van der Waals surface area (Å²) in [6.45, 7) is 4.03. The van der Waals surface area contributed by atoms with Gasteiger partial charge in [-0.25, -0.2) is 27.3 Å². The highest BCUT2D eigenvalue weighted by atomic mass is 35.5. The lowest BCUT2D eigenvalue weighted by molar-refractivity contribution is 0.186. The molecule has 138 valence electrons. The molecule has 3 rings (SSSR count). The van der Waals surface area contributed by atoms with Crippen LogP contribution in [0.25, 0.3) is 5.52 Å². The van der Waals surface area contributed by atoms with Crippen molar-refractivity contribution in [3.8, 4) is 0 Å². The number of imidazole rings is 1. The third-order valence-electron chi connectivity index (χ3n) is 4.18. The van der Waals surface area contributed by atoms with Crippen molar-refractivity contribution < 1.29 is 12.8 Å². The second kappa shape index (κ2) is 6.65. The van der Waals surface area contributed by atoms with E-state index in [2.05, 4.69) is 20.4 Å². The van der Waals surface area contributed by atoms with Crippen LogP contribution in [0.2, 0.25) is 5.15 Å². The first-order valence-electron chi connectivity index (χ1n) is 7.93. The standard InChI is InChI=1S/C14H20ClFN6O2S/c1-8(2)13-19-12(15)11-6-17-14(20-22(11)13)18-10-4-5-21(7-9(10)16)25(3,23)24/h6,8-10H,4-5,7H2,1-3H3,(H,18,20)/t9-,10+/m0/s1. The van der Waals surface area contributed by atoms with Crippen molar-refractivity contribution in [2.45, 2.75) is 38.4 Å². The van der Waals surface area contributed by atoms with E-state index in [9.17, 15) is 12.8 Å². The third-order valence-corrected chi connectivity index (χ3v) is 5.72. The molecular weight excluding hydrogens is 371 g/mol. The lowest BCUT2D eigenvalue weighted by Gasteiger charge is -2.33. The number of hydrogen-bond acceptors (Lipinski definition) is 6. The molecule has 1 fully saturated rings. The van der Waals surface area contributed by atoms with Crippen molar-refractivity contribution in [1.82, 2.24) is 23.9 Å². The van der Waals surface area contributed by atoms with Gasteiger partial charge in [-0.15, -0.1) is 5.10 Å². The quantitative estimate of drug-likeness (QED) is 0.853. The monoisotopic (exact) mass is 390 g/mol. The number of aromatic nitrogens is 4. The zero-order valence-corrected chi connectivity index (χ0v) is 15.7. The van der Waals surface area contributed by atoms with Gasteiger partial charge >= 0.3 is 0 Å². The summed E-state index contributed by atoms with van der Waals surface area (Å²) in [7, 11) is -3.39. The predicted octanol–water partition coefficient (Wildman–Crippen LogP) is 1.69. The van der Waals surface area contributed by atoms with Crippen molar-refractivity contribution in [2.75, 3.05) is 24.7 Å². The Labute approximate surface area is 150 Å². The van der Waals surface area contributed by atoms with Gasteiger partial charge in [-0.3, -0.25) is 0 Å². The fourth-order valence-corrected chi connectivity index (χ4v) is 3.88. The summed E-state index contributed by atoms with van der Waals surface area (Å²) in [4.78, 5) is 8.45. The van der Waals surface area contributed by atoms with Gasteiger partial charge in [0.15, 0.2) is 5.15 Å². The van der Waals surface area contributed by atoms with E-state index in [0.29, 0.717) is 22.9 Å². The van der Waals surface area contributed by atoms with Crippen molar-refractivity contribution in [3.05, 3.63) is 17.2 Å². The second-order valence-corrected chi connectivity index (χ2v) is 8.81. The molecule has 3 heterocycles. The van der Waals surface area contributed by atoms with Gasteiger partial charge in [0.1, 0.15) is 17.5 Å². The Morgan fingerprint density at radius 1 is 1.44 bits per heavy atom. The first-order valence-corrected chi connectivity index (χ1v) is 10.2. The minimum absolute atomic E-state index is 0.106. The summed E-state index contributed by atoms with van der Waals surface area (Å²) < 4.78 is 40.2. The zero-order chi connectivity index (χ0) is 18.4. The van der Waals surface area contributed by atoms with Gasteiger partial charge in [-0.1, -0.05) is 25.4 Å². The summed E-state index contributed by atoms with van der Waals surface area (Å²) in [5.41, 5.74) is 0.583. The first-order chi connectivity index (χ1) is 11.7. The van der Waals surface area contributed by atoms with Crippen LogP contribution in [-0.2, 0) is 10.0 Å². The van der Waals surface area contributed by atoms with E-state index in [1.54, 1.807) is 4.52 Å². The summed E-state index contributed by atoms with van der Waals surface area (Å²) in [5, 5.41) is 7.64. The van der Waals surface area contributed by atoms with Gasteiger partial charge in [-0.2, -0.15) is 4.31 Å². The highest BCUT2D eigenvalue weighted by Gasteiger charge is 2.33. The van der Waals surface area contributed by atoms with Crippen LogP contribution in [0.1, 0.15) is 32.0 Å². The van der Waals surface area contributed by atoms with E-state index in [0.717, 1.165) is 10.6 Å². The predicted molar refractivity (Wildman–Crippen MR) is 93.2 cm³/mol. The number of nitrogens with zero attached hydrogens (tertiary/aromatic N) is 5. The van der Waals surface area contributed by atoms with Gasteiger partial charge < -0.3 is 5.32 Å². The number of nitrogens with one attached hydrogen (secondary N) is 1. The first kappa shape index (κ1) is 18.3. The van der Waals surface area contributed by atoms with E-state index in [1.807, 2.05) is 13.8 Å². The minimum atomic E-state index is -3.39. The lowest BCUT2D eigenvalue weighted by atomic mass is 10.1. The van der Waals surface area contributed by atoms with Crippen molar-refractivity contribution in [2.24, 2.45) is 0 Å². The maximum Gasteiger partial charge on any atom is 0.241 e. The Bertz CT molecular complexity index is 887. The maximum absolute atomic E-state index is 14.4. The molecule has 1 aliphatic heterocycles. The Balaban J connectivity index is 1.81. The molecule has 1 N–H and O–H groups in total. The maximum atomic E-state index is 14.4. The number of fused-ring (bicyclic) bond motifs is 1. The number of anilines is 1. The molecule has 2 aromatic heterocycles. The number of piperidine rings is 1. The van der Waals surface area contributed by atoms with Crippen LogP contribution in [-0.4, -0.2) is 63.9 Å². The fraction of sp³-hybridized carbons (Fsp3) is 0.643. The molecule has 1 aliphatic rings. The number of halogens is 2. The van der Waals surface area contributed by atoms with E-state index in [4.69, 9.17) is 11.6 Å². The molecule has 25 heavy (non-hydrogen) atoms. The summed E-state index contributed by atoms with van der Waals surface area (Å²) >= 11 is 6.09. The average molecular weight is 391 g/mol. The molecule has 2 atom stereocenters. The van der Waals surface area contributed by atoms with Gasteiger partial charge in [0, 0.05) is 19.0 Å². The molecule has 2 aromatic rings. The number of rotatable bonds is 4. The summed E-state index contributed by atoms with van der Waals surface area (Å²) in [6, 6.07) is -0.558. The molecule has 8 nitrogen and oxygen atoms in total.